The Labute approximate surface area is 120 Å². The fourth-order valence-corrected chi connectivity index (χ4v) is 2.58. The van der Waals surface area contributed by atoms with Crippen molar-refractivity contribution in [1.29, 1.82) is 0 Å². The van der Waals surface area contributed by atoms with E-state index in [2.05, 4.69) is 0 Å². The van der Waals surface area contributed by atoms with E-state index in [0.29, 0.717) is 11.6 Å². The molecule has 0 aliphatic heterocycles. The first-order valence-corrected chi connectivity index (χ1v) is 6.61. The normalized spacial score (nSPS) is 14.2. The smallest absolute Gasteiger partial charge is 0.320 e. The Morgan fingerprint density at radius 3 is 2.10 bits per heavy atom. The Balaban J connectivity index is 2.56. The lowest BCUT2D eigenvalue weighted by Crippen LogP contribution is -2.19. The van der Waals surface area contributed by atoms with Gasteiger partial charge in [-0.15, -0.1) is 0 Å². The molecule has 2 N–H and O–H groups in total. The fourth-order valence-electron chi connectivity index (χ4n) is 1.88. The van der Waals surface area contributed by atoms with Gasteiger partial charge in [-0.1, -0.05) is 6.07 Å². The lowest BCUT2D eigenvalue weighted by atomic mass is 9.94. The Bertz CT molecular complexity index is 615. The van der Waals surface area contributed by atoms with Crippen molar-refractivity contribution in [1.82, 2.24) is 0 Å². The summed E-state index contributed by atoms with van der Waals surface area (Å²) in [7, 11) is 0. The number of benzene rings is 1. The zero-order valence-electron chi connectivity index (χ0n) is 10.3. The summed E-state index contributed by atoms with van der Waals surface area (Å²) in [6.45, 7) is 0. The molecule has 0 bridgehead atoms. The van der Waals surface area contributed by atoms with Crippen LogP contribution in [0.1, 0.15) is 28.3 Å². The van der Waals surface area contributed by atoms with Crippen LogP contribution in [-0.2, 0) is 12.4 Å². The molecule has 1 heterocycles. The molecule has 0 aliphatic rings. The van der Waals surface area contributed by atoms with Crippen LogP contribution < -0.4 is 5.73 Å². The lowest BCUT2D eigenvalue weighted by molar-refractivity contribution is -0.143. The monoisotopic (exact) mass is 325 g/mol. The van der Waals surface area contributed by atoms with Crippen LogP contribution in [0.3, 0.4) is 0 Å². The minimum absolute atomic E-state index is 0.0988. The van der Waals surface area contributed by atoms with Crippen LogP contribution in [0.15, 0.2) is 35.0 Å². The highest BCUT2D eigenvalue weighted by Gasteiger charge is 2.39. The average Bonchev–Trinajstić information content (AvgIpc) is 2.89. The van der Waals surface area contributed by atoms with E-state index in [9.17, 15) is 26.3 Å². The quantitative estimate of drug-likeness (QED) is 0.786. The second kappa shape index (κ2) is 5.34. The number of nitrogens with two attached hydrogens (primary N) is 1. The number of hydrogen-bond acceptors (Lipinski definition) is 2. The van der Waals surface area contributed by atoms with Gasteiger partial charge in [0, 0.05) is 0 Å². The first kappa shape index (κ1) is 15.8. The third-order valence-corrected chi connectivity index (χ3v) is 3.62. The van der Waals surface area contributed by atoms with Gasteiger partial charge in [0.25, 0.3) is 0 Å². The van der Waals surface area contributed by atoms with Crippen molar-refractivity contribution in [3.8, 4) is 0 Å². The van der Waals surface area contributed by atoms with Crippen LogP contribution >= 0.6 is 11.3 Å². The second-order valence-corrected chi connectivity index (χ2v) is 5.11. The van der Waals surface area contributed by atoms with Crippen LogP contribution in [0.25, 0.3) is 0 Å². The van der Waals surface area contributed by atoms with E-state index in [1.54, 1.807) is 10.8 Å². The number of rotatable bonds is 2. The van der Waals surface area contributed by atoms with E-state index in [1.807, 2.05) is 0 Å². The van der Waals surface area contributed by atoms with Crippen LogP contribution in [-0.4, -0.2) is 0 Å². The number of alkyl halides is 6. The molecule has 0 saturated heterocycles. The molecule has 0 aliphatic carbocycles. The van der Waals surface area contributed by atoms with Crippen molar-refractivity contribution < 1.29 is 26.3 Å². The third-order valence-electron chi connectivity index (χ3n) is 2.92. The van der Waals surface area contributed by atoms with Gasteiger partial charge >= 0.3 is 12.4 Å². The average molecular weight is 325 g/mol. The summed E-state index contributed by atoms with van der Waals surface area (Å²) in [5.41, 5.74) is 3.07. The Kier molecular flexibility index (Phi) is 4.03. The highest BCUT2D eigenvalue weighted by atomic mass is 32.1. The second-order valence-electron chi connectivity index (χ2n) is 4.33. The van der Waals surface area contributed by atoms with E-state index < -0.39 is 29.5 Å². The summed E-state index contributed by atoms with van der Waals surface area (Å²) in [5.74, 6) is 0. The molecule has 1 atom stereocenters. The highest BCUT2D eigenvalue weighted by Crippen LogP contribution is 2.39. The maximum atomic E-state index is 13.0. The zero-order chi connectivity index (χ0) is 15.8. The van der Waals surface area contributed by atoms with Gasteiger partial charge < -0.3 is 5.73 Å². The molecule has 1 aromatic heterocycles. The lowest BCUT2D eigenvalue weighted by Gasteiger charge is -2.19. The SMILES string of the molecule is N[C@H](c1ccsc1)c1ccc(C(F)(F)F)cc1C(F)(F)F. The van der Waals surface area contributed by atoms with Crippen LogP contribution in [0.2, 0.25) is 0 Å². The molecule has 2 rings (SSSR count). The van der Waals surface area contributed by atoms with Gasteiger partial charge in [-0.3, -0.25) is 0 Å². The van der Waals surface area contributed by atoms with Crippen molar-refractivity contribution in [3.63, 3.8) is 0 Å². The van der Waals surface area contributed by atoms with Gasteiger partial charge in [0.2, 0.25) is 0 Å². The number of thiophene rings is 1. The summed E-state index contributed by atoms with van der Waals surface area (Å²) >= 11 is 1.24. The molecule has 0 fully saturated rings. The molecule has 114 valence electrons. The minimum atomic E-state index is -4.91. The standard InChI is InChI=1S/C13H9F6NS/c14-12(15,16)8-1-2-9(10(5-8)13(17,18)19)11(20)7-3-4-21-6-7/h1-6,11H,20H2/t11-/m1/s1. The molecule has 8 heteroatoms. The van der Waals surface area contributed by atoms with Crippen LogP contribution in [0.4, 0.5) is 26.3 Å². The zero-order valence-corrected chi connectivity index (χ0v) is 11.1. The first-order chi connectivity index (χ1) is 9.60. The van der Waals surface area contributed by atoms with Crippen LogP contribution in [0.5, 0.6) is 0 Å². The van der Waals surface area contributed by atoms with E-state index in [-0.39, 0.29) is 11.6 Å². The van der Waals surface area contributed by atoms with E-state index >= 15 is 0 Å². The molecule has 21 heavy (non-hydrogen) atoms. The van der Waals surface area contributed by atoms with Crippen molar-refractivity contribution in [2.75, 3.05) is 0 Å². The van der Waals surface area contributed by atoms with E-state index in [0.717, 1.165) is 6.07 Å². The molecule has 0 radical (unpaired) electrons. The van der Waals surface area contributed by atoms with Crippen molar-refractivity contribution in [2.24, 2.45) is 5.73 Å². The van der Waals surface area contributed by atoms with Crippen molar-refractivity contribution in [2.45, 2.75) is 18.4 Å². The predicted molar refractivity (Wildman–Crippen MR) is 66.8 cm³/mol. The maximum Gasteiger partial charge on any atom is 0.416 e. The number of halogens is 6. The topological polar surface area (TPSA) is 26.0 Å². The fraction of sp³-hybridized carbons (Fsp3) is 0.231. The summed E-state index contributed by atoms with van der Waals surface area (Å²) in [5, 5.41) is 3.19. The van der Waals surface area contributed by atoms with Gasteiger partial charge in [-0.2, -0.15) is 37.7 Å². The molecule has 0 unspecified atom stereocenters. The molecule has 0 amide bonds. The highest BCUT2D eigenvalue weighted by molar-refractivity contribution is 7.08. The summed E-state index contributed by atoms with van der Waals surface area (Å²) in [4.78, 5) is 0. The Morgan fingerprint density at radius 2 is 1.62 bits per heavy atom. The Morgan fingerprint density at radius 1 is 0.952 bits per heavy atom. The molecular formula is C13H9F6NS. The van der Waals surface area contributed by atoms with Gasteiger partial charge in [-0.25, -0.2) is 0 Å². The predicted octanol–water partition coefficient (Wildman–Crippen LogP) is 4.83. The van der Waals surface area contributed by atoms with Gasteiger partial charge in [0.1, 0.15) is 0 Å². The van der Waals surface area contributed by atoms with Gasteiger partial charge in [-0.05, 0) is 40.1 Å². The largest absolute Gasteiger partial charge is 0.416 e. The number of hydrogen-bond donors (Lipinski definition) is 1. The third kappa shape index (κ3) is 3.38. The molecule has 0 saturated carbocycles. The van der Waals surface area contributed by atoms with E-state index in [1.165, 1.54) is 17.4 Å². The van der Waals surface area contributed by atoms with Crippen LogP contribution in [0, 0.1) is 0 Å². The summed E-state index contributed by atoms with van der Waals surface area (Å²) in [6, 6.07) is 1.90. The molecule has 2 aromatic rings. The van der Waals surface area contributed by atoms with Gasteiger partial charge in [0.05, 0.1) is 17.2 Å². The Hall–Kier alpha value is -1.54. The maximum absolute atomic E-state index is 13.0. The van der Waals surface area contributed by atoms with Gasteiger partial charge in [0.15, 0.2) is 0 Å². The summed E-state index contributed by atoms with van der Waals surface area (Å²) < 4.78 is 76.7. The molecule has 1 nitrogen and oxygen atoms in total. The molecule has 1 aromatic carbocycles. The van der Waals surface area contributed by atoms with Crippen molar-refractivity contribution >= 4 is 11.3 Å². The van der Waals surface area contributed by atoms with Crippen molar-refractivity contribution in [3.05, 3.63) is 57.3 Å². The first-order valence-electron chi connectivity index (χ1n) is 5.66. The van der Waals surface area contributed by atoms with E-state index in [4.69, 9.17) is 5.73 Å². The molecule has 0 spiro atoms. The minimum Gasteiger partial charge on any atom is -0.320 e. The molecular weight excluding hydrogens is 316 g/mol. The summed E-state index contributed by atoms with van der Waals surface area (Å²) in [6.07, 6.45) is -9.75.